The average molecular weight is 322 g/mol. The van der Waals surface area contributed by atoms with Gasteiger partial charge in [0, 0.05) is 32.2 Å². The molecular formula is C15H22N4O2S. The molecule has 7 heteroatoms. The Morgan fingerprint density at radius 3 is 2.68 bits per heavy atom. The molecule has 2 aliphatic rings. The van der Waals surface area contributed by atoms with Crippen molar-refractivity contribution in [3.05, 3.63) is 12.4 Å². The lowest BCUT2D eigenvalue weighted by molar-refractivity contribution is -0.132. The summed E-state index contributed by atoms with van der Waals surface area (Å²) in [5.41, 5.74) is 0. The first kappa shape index (κ1) is 15.6. The molecule has 1 aromatic rings. The number of thioether (sulfide) groups is 1. The summed E-state index contributed by atoms with van der Waals surface area (Å²) in [7, 11) is 0. The highest BCUT2D eigenvalue weighted by Gasteiger charge is 2.18. The van der Waals surface area contributed by atoms with Crippen molar-refractivity contribution in [2.24, 2.45) is 0 Å². The normalized spacial score (nSPS) is 19.3. The molecule has 2 aliphatic heterocycles. The Bertz CT molecular complexity index is 502. The maximum absolute atomic E-state index is 12.2. The van der Waals surface area contributed by atoms with Gasteiger partial charge in [-0.25, -0.2) is 9.97 Å². The summed E-state index contributed by atoms with van der Waals surface area (Å²) >= 11 is 1.49. The molecule has 0 spiro atoms. The number of morpholine rings is 1. The number of hydrogen-bond acceptors (Lipinski definition) is 6. The van der Waals surface area contributed by atoms with E-state index in [1.54, 1.807) is 6.33 Å². The number of piperidine rings is 1. The van der Waals surface area contributed by atoms with Crippen LogP contribution in [0.15, 0.2) is 17.4 Å². The number of nitrogens with zero attached hydrogens (tertiary/aromatic N) is 4. The third-order valence-electron chi connectivity index (χ3n) is 4.01. The van der Waals surface area contributed by atoms with Gasteiger partial charge in [-0.1, -0.05) is 11.8 Å². The molecule has 2 fully saturated rings. The quantitative estimate of drug-likeness (QED) is 0.617. The summed E-state index contributed by atoms with van der Waals surface area (Å²) in [4.78, 5) is 25.0. The van der Waals surface area contributed by atoms with E-state index in [1.807, 2.05) is 11.0 Å². The highest BCUT2D eigenvalue weighted by molar-refractivity contribution is 7.99. The van der Waals surface area contributed by atoms with Crippen LogP contribution in [0.4, 0.5) is 5.82 Å². The summed E-state index contributed by atoms with van der Waals surface area (Å²) in [5, 5.41) is 0.872. The van der Waals surface area contributed by atoms with E-state index in [1.165, 1.54) is 31.0 Å². The molecule has 0 unspecified atom stereocenters. The van der Waals surface area contributed by atoms with Gasteiger partial charge in [-0.3, -0.25) is 4.79 Å². The van der Waals surface area contributed by atoms with E-state index >= 15 is 0 Å². The summed E-state index contributed by atoms with van der Waals surface area (Å²) in [6.07, 6.45) is 5.35. The third-order valence-corrected chi connectivity index (χ3v) is 4.93. The number of hydrogen-bond donors (Lipinski definition) is 0. The van der Waals surface area contributed by atoms with E-state index in [0.29, 0.717) is 32.1 Å². The molecule has 0 N–H and O–H groups in total. The van der Waals surface area contributed by atoms with Gasteiger partial charge in [-0.2, -0.15) is 0 Å². The predicted octanol–water partition coefficient (Wildman–Crippen LogP) is 1.42. The number of rotatable bonds is 4. The molecule has 1 aromatic heterocycles. The molecule has 120 valence electrons. The number of amides is 1. The van der Waals surface area contributed by atoms with E-state index in [9.17, 15) is 4.79 Å². The van der Waals surface area contributed by atoms with E-state index in [0.717, 1.165) is 23.9 Å². The van der Waals surface area contributed by atoms with Gasteiger partial charge in [-0.15, -0.1) is 0 Å². The number of aromatic nitrogens is 2. The van der Waals surface area contributed by atoms with Crippen LogP contribution in [0, 0.1) is 0 Å². The standard InChI is InChI=1S/C15H22N4O2S/c20-15(19-6-8-21-9-7-19)11-22-14-10-13(16-12-17-14)18-4-2-1-3-5-18/h10,12H,1-9,11H2. The Morgan fingerprint density at radius 2 is 1.91 bits per heavy atom. The maximum Gasteiger partial charge on any atom is 0.233 e. The van der Waals surface area contributed by atoms with Crippen molar-refractivity contribution in [3.63, 3.8) is 0 Å². The average Bonchev–Trinajstić information content (AvgIpc) is 2.61. The molecule has 0 atom stereocenters. The Kier molecular flexibility index (Phi) is 5.50. The highest BCUT2D eigenvalue weighted by Crippen LogP contribution is 2.22. The van der Waals surface area contributed by atoms with Crippen LogP contribution >= 0.6 is 11.8 Å². The highest BCUT2D eigenvalue weighted by atomic mass is 32.2. The van der Waals surface area contributed by atoms with Gasteiger partial charge in [0.1, 0.15) is 17.2 Å². The van der Waals surface area contributed by atoms with Crippen molar-refractivity contribution < 1.29 is 9.53 Å². The van der Waals surface area contributed by atoms with Crippen molar-refractivity contribution in [2.75, 3.05) is 50.0 Å². The molecular weight excluding hydrogens is 300 g/mol. The summed E-state index contributed by atoms with van der Waals surface area (Å²) in [5.74, 6) is 1.57. The van der Waals surface area contributed by atoms with Crippen LogP contribution in [-0.4, -0.2) is 65.9 Å². The molecule has 0 aromatic carbocycles. The Labute approximate surface area is 135 Å². The van der Waals surface area contributed by atoms with Crippen molar-refractivity contribution in [2.45, 2.75) is 24.3 Å². The predicted molar refractivity (Wildman–Crippen MR) is 86.2 cm³/mol. The fourth-order valence-corrected chi connectivity index (χ4v) is 3.51. The second-order valence-corrected chi connectivity index (χ2v) is 6.54. The lowest BCUT2D eigenvalue weighted by atomic mass is 10.1. The van der Waals surface area contributed by atoms with Crippen molar-refractivity contribution in [1.82, 2.24) is 14.9 Å². The first-order chi connectivity index (χ1) is 10.8. The van der Waals surface area contributed by atoms with E-state index in [4.69, 9.17) is 4.74 Å². The van der Waals surface area contributed by atoms with E-state index in [2.05, 4.69) is 14.9 Å². The second-order valence-electron chi connectivity index (χ2n) is 5.54. The van der Waals surface area contributed by atoms with Crippen LogP contribution in [-0.2, 0) is 9.53 Å². The van der Waals surface area contributed by atoms with Gasteiger partial charge in [0.25, 0.3) is 0 Å². The molecule has 2 saturated heterocycles. The van der Waals surface area contributed by atoms with Crippen LogP contribution in [0.25, 0.3) is 0 Å². The topological polar surface area (TPSA) is 58.6 Å². The minimum Gasteiger partial charge on any atom is -0.378 e. The Balaban J connectivity index is 1.54. The smallest absolute Gasteiger partial charge is 0.233 e. The van der Waals surface area contributed by atoms with Crippen LogP contribution in [0.1, 0.15) is 19.3 Å². The number of carbonyl (C=O) groups excluding carboxylic acids is 1. The molecule has 6 nitrogen and oxygen atoms in total. The minimum absolute atomic E-state index is 0.159. The molecule has 0 aliphatic carbocycles. The van der Waals surface area contributed by atoms with Crippen molar-refractivity contribution >= 4 is 23.5 Å². The largest absolute Gasteiger partial charge is 0.378 e. The van der Waals surface area contributed by atoms with Gasteiger partial charge in [0.2, 0.25) is 5.91 Å². The third kappa shape index (κ3) is 4.10. The first-order valence-electron chi connectivity index (χ1n) is 7.88. The molecule has 0 saturated carbocycles. The lowest BCUT2D eigenvalue weighted by Crippen LogP contribution is -2.41. The number of ether oxygens (including phenoxy) is 1. The van der Waals surface area contributed by atoms with Gasteiger partial charge < -0.3 is 14.5 Å². The fourth-order valence-electron chi connectivity index (χ4n) is 2.74. The van der Waals surface area contributed by atoms with Crippen molar-refractivity contribution in [3.8, 4) is 0 Å². The van der Waals surface area contributed by atoms with Crippen molar-refractivity contribution in [1.29, 1.82) is 0 Å². The number of carbonyl (C=O) groups is 1. The molecule has 22 heavy (non-hydrogen) atoms. The molecule has 3 rings (SSSR count). The molecule has 0 radical (unpaired) electrons. The fraction of sp³-hybridized carbons (Fsp3) is 0.667. The van der Waals surface area contributed by atoms with E-state index < -0.39 is 0 Å². The summed E-state index contributed by atoms with van der Waals surface area (Å²) in [6.45, 7) is 4.80. The van der Waals surface area contributed by atoms with Crippen LogP contribution in [0.3, 0.4) is 0 Å². The minimum atomic E-state index is 0.159. The Morgan fingerprint density at radius 1 is 1.14 bits per heavy atom. The zero-order valence-electron chi connectivity index (χ0n) is 12.7. The SMILES string of the molecule is O=C(CSc1cc(N2CCCCC2)ncn1)N1CCOCC1. The molecule has 0 bridgehead atoms. The van der Waals surface area contributed by atoms with E-state index in [-0.39, 0.29) is 5.91 Å². The zero-order chi connectivity index (χ0) is 15.2. The zero-order valence-corrected chi connectivity index (χ0v) is 13.6. The van der Waals surface area contributed by atoms with Crippen LogP contribution < -0.4 is 4.90 Å². The van der Waals surface area contributed by atoms with Gasteiger partial charge in [0.05, 0.1) is 19.0 Å². The van der Waals surface area contributed by atoms with Crippen LogP contribution in [0.2, 0.25) is 0 Å². The summed E-state index contributed by atoms with van der Waals surface area (Å²) < 4.78 is 5.27. The maximum atomic E-state index is 12.2. The first-order valence-corrected chi connectivity index (χ1v) is 8.87. The van der Waals surface area contributed by atoms with Crippen LogP contribution in [0.5, 0.6) is 0 Å². The number of anilines is 1. The second kappa shape index (κ2) is 7.78. The lowest BCUT2D eigenvalue weighted by Gasteiger charge is -2.28. The molecule has 3 heterocycles. The molecule has 1 amide bonds. The monoisotopic (exact) mass is 322 g/mol. The van der Waals surface area contributed by atoms with Gasteiger partial charge in [0.15, 0.2) is 0 Å². The summed E-state index contributed by atoms with van der Waals surface area (Å²) in [6, 6.07) is 2.00. The Hall–Kier alpha value is -1.34. The van der Waals surface area contributed by atoms with Gasteiger partial charge in [-0.05, 0) is 19.3 Å². The van der Waals surface area contributed by atoms with Gasteiger partial charge >= 0.3 is 0 Å².